The Bertz CT molecular complexity index is 1180. The highest BCUT2D eigenvalue weighted by molar-refractivity contribution is 7.19. The number of rotatable bonds is 6. The van der Waals surface area contributed by atoms with E-state index in [0.717, 1.165) is 22.5 Å². The van der Waals surface area contributed by atoms with Gasteiger partial charge >= 0.3 is 5.97 Å². The van der Waals surface area contributed by atoms with Crippen molar-refractivity contribution in [3.63, 3.8) is 0 Å². The zero-order chi connectivity index (χ0) is 23.4. The minimum atomic E-state index is -0.639. The van der Waals surface area contributed by atoms with Gasteiger partial charge in [-0.3, -0.25) is 9.59 Å². The first kappa shape index (κ1) is 23.0. The highest BCUT2D eigenvalue weighted by atomic mass is 32.1. The fourth-order valence-corrected chi connectivity index (χ4v) is 4.49. The molecule has 0 fully saturated rings. The van der Waals surface area contributed by atoms with E-state index in [1.54, 1.807) is 31.2 Å². The van der Waals surface area contributed by atoms with Crippen molar-refractivity contribution in [2.75, 3.05) is 24.9 Å². The van der Waals surface area contributed by atoms with Crippen LogP contribution < -0.4 is 15.4 Å². The van der Waals surface area contributed by atoms with Gasteiger partial charge in [-0.25, -0.2) is 4.79 Å². The summed E-state index contributed by atoms with van der Waals surface area (Å²) < 4.78 is 10.1. The molecular weight excluding hydrogens is 428 g/mol. The third-order valence-corrected chi connectivity index (χ3v) is 6.01. The van der Waals surface area contributed by atoms with E-state index in [0.29, 0.717) is 27.4 Å². The van der Waals surface area contributed by atoms with Crippen molar-refractivity contribution >= 4 is 39.8 Å². The zero-order valence-electron chi connectivity index (χ0n) is 18.5. The van der Waals surface area contributed by atoms with Gasteiger partial charge in [0, 0.05) is 5.69 Å². The molecule has 2 aromatic carbocycles. The van der Waals surface area contributed by atoms with Crippen LogP contribution in [-0.2, 0) is 4.74 Å². The van der Waals surface area contributed by atoms with Gasteiger partial charge in [0.25, 0.3) is 11.8 Å². The van der Waals surface area contributed by atoms with Gasteiger partial charge in [-0.15, -0.1) is 11.3 Å². The predicted octanol–water partition coefficient (Wildman–Crippen LogP) is 4.97. The lowest BCUT2D eigenvalue weighted by atomic mass is 10.1. The Morgan fingerprint density at radius 3 is 2.16 bits per heavy atom. The molecule has 0 aliphatic rings. The van der Waals surface area contributed by atoms with Crippen molar-refractivity contribution in [3.8, 4) is 5.75 Å². The Morgan fingerprint density at radius 1 is 0.875 bits per heavy atom. The van der Waals surface area contributed by atoms with E-state index in [2.05, 4.69) is 10.6 Å². The van der Waals surface area contributed by atoms with Gasteiger partial charge in [0.2, 0.25) is 0 Å². The largest absolute Gasteiger partial charge is 0.496 e. The second-order valence-electron chi connectivity index (χ2n) is 7.24. The van der Waals surface area contributed by atoms with E-state index in [-0.39, 0.29) is 16.5 Å². The van der Waals surface area contributed by atoms with Gasteiger partial charge < -0.3 is 20.1 Å². The molecule has 32 heavy (non-hydrogen) atoms. The van der Waals surface area contributed by atoms with E-state index in [4.69, 9.17) is 9.47 Å². The number of para-hydroxylation sites is 1. The lowest BCUT2D eigenvalue weighted by Gasteiger charge is -2.09. The van der Waals surface area contributed by atoms with Gasteiger partial charge in [-0.2, -0.15) is 0 Å². The van der Waals surface area contributed by atoms with Crippen LogP contribution in [0, 0.1) is 20.8 Å². The Hall–Kier alpha value is -3.65. The fourth-order valence-electron chi connectivity index (χ4n) is 3.40. The minimum absolute atomic E-state index is 0.145. The molecule has 8 heteroatoms. The summed E-state index contributed by atoms with van der Waals surface area (Å²) in [6.45, 7) is 5.54. The molecule has 0 unspecified atom stereocenters. The molecule has 1 aromatic heterocycles. The summed E-state index contributed by atoms with van der Waals surface area (Å²) in [6, 6.07) is 12.5. The van der Waals surface area contributed by atoms with E-state index < -0.39 is 11.9 Å². The molecule has 0 aliphatic heterocycles. The highest BCUT2D eigenvalue weighted by Crippen LogP contribution is 2.35. The molecule has 1 heterocycles. The number of aryl methyl sites for hydroxylation is 2. The molecule has 0 aliphatic carbocycles. The molecule has 0 radical (unpaired) electrons. The first-order chi connectivity index (χ1) is 15.2. The molecule has 0 bridgehead atoms. The molecule has 0 spiro atoms. The van der Waals surface area contributed by atoms with Crippen molar-refractivity contribution < 1.29 is 23.9 Å². The van der Waals surface area contributed by atoms with Gasteiger partial charge in [-0.05, 0) is 61.7 Å². The number of anilines is 2. The smallest absolute Gasteiger partial charge is 0.341 e. The van der Waals surface area contributed by atoms with Crippen molar-refractivity contribution in [3.05, 3.63) is 75.2 Å². The van der Waals surface area contributed by atoms with Crippen LogP contribution in [0.2, 0.25) is 0 Å². The number of esters is 1. The number of carbonyl (C=O) groups is 3. The van der Waals surface area contributed by atoms with Crippen molar-refractivity contribution in [1.29, 1.82) is 0 Å². The van der Waals surface area contributed by atoms with Gasteiger partial charge in [0.1, 0.15) is 10.8 Å². The van der Waals surface area contributed by atoms with Crippen LogP contribution in [0.4, 0.5) is 10.7 Å². The average molecular weight is 453 g/mol. The molecule has 0 saturated carbocycles. The first-order valence-corrected chi connectivity index (χ1v) is 10.6. The number of hydrogen-bond donors (Lipinski definition) is 2. The molecule has 3 aromatic rings. The average Bonchev–Trinajstić information content (AvgIpc) is 3.08. The number of ether oxygens (including phenoxy) is 2. The summed E-state index contributed by atoms with van der Waals surface area (Å²) in [6.07, 6.45) is 0. The van der Waals surface area contributed by atoms with Gasteiger partial charge in [-0.1, -0.05) is 18.2 Å². The molecule has 7 nitrogen and oxygen atoms in total. The first-order valence-electron chi connectivity index (χ1n) is 9.80. The van der Waals surface area contributed by atoms with Crippen LogP contribution in [0.5, 0.6) is 5.75 Å². The summed E-state index contributed by atoms with van der Waals surface area (Å²) >= 11 is 1.02. The molecule has 166 valence electrons. The quantitative estimate of drug-likeness (QED) is 0.515. The molecule has 2 N–H and O–H groups in total. The molecule has 3 rings (SSSR count). The van der Waals surface area contributed by atoms with Crippen LogP contribution in [0.25, 0.3) is 0 Å². The number of amides is 2. The summed E-state index contributed by atoms with van der Waals surface area (Å²) in [5.74, 6) is -1.08. The predicted molar refractivity (Wildman–Crippen MR) is 125 cm³/mol. The fraction of sp³-hybridized carbons (Fsp3) is 0.208. The summed E-state index contributed by atoms with van der Waals surface area (Å²) in [5.41, 5.74) is 3.56. The van der Waals surface area contributed by atoms with E-state index in [1.165, 1.54) is 14.2 Å². The van der Waals surface area contributed by atoms with E-state index >= 15 is 0 Å². The normalized spacial score (nSPS) is 10.4. The van der Waals surface area contributed by atoms with Gasteiger partial charge in [0.05, 0.1) is 30.2 Å². The minimum Gasteiger partial charge on any atom is -0.496 e. The maximum Gasteiger partial charge on any atom is 0.341 e. The number of thiophene rings is 1. The lowest BCUT2D eigenvalue weighted by Crippen LogP contribution is -2.15. The third kappa shape index (κ3) is 4.81. The van der Waals surface area contributed by atoms with Crippen molar-refractivity contribution in [2.24, 2.45) is 0 Å². The van der Waals surface area contributed by atoms with Crippen molar-refractivity contribution in [1.82, 2.24) is 0 Å². The zero-order valence-corrected chi connectivity index (χ0v) is 19.3. The van der Waals surface area contributed by atoms with Crippen LogP contribution in [0.1, 0.15) is 47.1 Å². The second-order valence-corrected chi connectivity index (χ2v) is 8.26. The maximum absolute atomic E-state index is 13.0. The van der Waals surface area contributed by atoms with E-state index in [1.807, 2.05) is 32.0 Å². The van der Waals surface area contributed by atoms with E-state index in [9.17, 15) is 14.4 Å². The number of nitrogens with one attached hydrogen (secondary N) is 2. The number of methoxy groups -OCH3 is 2. The van der Waals surface area contributed by atoms with Crippen LogP contribution in [0.3, 0.4) is 0 Å². The van der Waals surface area contributed by atoms with Crippen LogP contribution in [-0.4, -0.2) is 32.0 Å². The SMILES string of the molecule is COC(=O)c1c(NC(=O)c2ccccc2OC)sc(C(=O)Nc2cc(C)cc(C)c2)c1C. The van der Waals surface area contributed by atoms with Crippen molar-refractivity contribution in [2.45, 2.75) is 20.8 Å². The maximum atomic E-state index is 13.0. The van der Waals surface area contributed by atoms with Gasteiger partial charge in [0.15, 0.2) is 0 Å². The lowest BCUT2D eigenvalue weighted by molar-refractivity contribution is 0.0601. The Balaban J connectivity index is 1.96. The van der Waals surface area contributed by atoms with Crippen LogP contribution in [0.15, 0.2) is 42.5 Å². The number of benzene rings is 2. The third-order valence-electron chi connectivity index (χ3n) is 4.80. The second kappa shape index (κ2) is 9.65. The van der Waals surface area contributed by atoms with Crippen LogP contribution >= 0.6 is 11.3 Å². The molecule has 0 saturated heterocycles. The Kier molecular flexibility index (Phi) is 6.95. The topological polar surface area (TPSA) is 93.7 Å². The Morgan fingerprint density at radius 2 is 1.53 bits per heavy atom. The highest BCUT2D eigenvalue weighted by Gasteiger charge is 2.27. The summed E-state index contributed by atoms with van der Waals surface area (Å²) in [7, 11) is 2.72. The molecule has 0 atom stereocenters. The Labute approximate surface area is 190 Å². The monoisotopic (exact) mass is 452 g/mol. The summed E-state index contributed by atoms with van der Waals surface area (Å²) in [5, 5.41) is 5.83. The summed E-state index contributed by atoms with van der Waals surface area (Å²) in [4.78, 5) is 38.6. The molecular formula is C24H24N2O5S. The number of hydrogen-bond acceptors (Lipinski definition) is 6. The number of carbonyl (C=O) groups excluding carboxylic acids is 3. The standard InChI is InChI=1S/C24H24N2O5S/c1-13-10-14(2)12-16(11-13)25-22(28)20-15(3)19(24(29)31-5)23(32-20)26-21(27)17-8-6-7-9-18(17)30-4/h6-12H,1-5H3,(H,25,28)(H,26,27). The molecule has 2 amide bonds.